The molecule has 8 nitrogen and oxygen atoms in total. The summed E-state index contributed by atoms with van der Waals surface area (Å²) in [6.07, 6.45) is 1.36. The number of nitrogens with zero attached hydrogens (tertiary/aromatic N) is 4. The first kappa shape index (κ1) is 21.8. The Morgan fingerprint density at radius 1 is 1.27 bits per heavy atom. The van der Waals surface area contributed by atoms with E-state index in [1.54, 1.807) is 0 Å². The van der Waals surface area contributed by atoms with Gasteiger partial charge in [-0.05, 0) is 23.8 Å². The zero-order chi connectivity index (χ0) is 20.4. The van der Waals surface area contributed by atoms with E-state index in [-0.39, 0.29) is 49.9 Å². The Labute approximate surface area is 181 Å². The molecule has 0 fully saturated rings. The average Bonchev–Trinajstić information content (AvgIpc) is 3.33. The van der Waals surface area contributed by atoms with Gasteiger partial charge in [0.1, 0.15) is 17.9 Å². The number of halogens is 2. The smallest absolute Gasteiger partial charge is 0.419 e. The molecule has 0 saturated carbocycles. The first-order valence-corrected chi connectivity index (χ1v) is 9.66. The van der Waals surface area contributed by atoms with Gasteiger partial charge < -0.3 is 10.5 Å². The molecule has 2 N–H and O–H groups in total. The Morgan fingerprint density at radius 3 is 2.83 bits per heavy atom. The molecule has 0 atom stereocenters. The molecule has 0 radical (unpaired) electrons. The molecule has 2 aromatic heterocycles. The number of hydrogen-bond donors (Lipinski definition) is 1. The van der Waals surface area contributed by atoms with Gasteiger partial charge in [0.15, 0.2) is 0 Å². The van der Waals surface area contributed by atoms with Crippen molar-refractivity contribution in [2.45, 2.75) is 19.7 Å². The maximum absolute atomic E-state index is 12.7. The van der Waals surface area contributed by atoms with Gasteiger partial charge in [0, 0.05) is 17.0 Å². The molecule has 0 bridgehead atoms. The van der Waals surface area contributed by atoms with Crippen LogP contribution in [0, 0.1) is 0 Å². The zero-order valence-electron chi connectivity index (χ0n) is 15.7. The Balaban J connectivity index is 0.00000256. The molecule has 3 aromatic rings. The molecule has 0 spiro atoms. The van der Waals surface area contributed by atoms with Crippen LogP contribution in [0.3, 0.4) is 0 Å². The fourth-order valence-corrected chi connectivity index (χ4v) is 4.03. The number of ether oxygens (including phenoxy) is 1. The van der Waals surface area contributed by atoms with Crippen LogP contribution in [0.15, 0.2) is 59.4 Å². The van der Waals surface area contributed by atoms with E-state index < -0.39 is 6.09 Å². The van der Waals surface area contributed by atoms with E-state index in [2.05, 4.69) is 5.10 Å². The third-order valence-corrected chi connectivity index (χ3v) is 5.58. The van der Waals surface area contributed by atoms with Crippen molar-refractivity contribution in [1.29, 1.82) is 0 Å². The first-order chi connectivity index (χ1) is 14.1. The highest BCUT2D eigenvalue weighted by Crippen LogP contribution is 2.37. The summed E-state index contributed by atoms with van der Waals surface area (Å²) in [7, 11) is 0. The largest absolute Gasteiger partial charge is 0.444 e. The number of fused-ring (bicyclic) bond motifs is 1. The van der Waals surface area contributed by atoms with E-state index in [0.717, 1.165) is 20.8 Å². The molecule has 1 aliphatic heterocycles. The van der Waals surface area contributed by atoms with E-state index in [9.17, 15) is 14.0 Å². The van der Waals surface area contributed by atoms with Crippen LogP contribution in [0.2, 0.25) is 0 Å². The first-order valence-electron chi connectivity index (χ1n) is 8.84. The van der Waals surface area contributed by atoms with Gasteiger partial charge >= 0.3 is 11.8 Å². The summed E-state index contributed by atoms with van der Waals surface area (Å²) in [4.78, 5) is 27.2. The number of para-hydroxylation sites is 1. The van der Waals surface area contributed by atoms with Crippen LogP contribution in [0.25, 0.3) is 0 Å². The molecule has 4 rings (SSSR count). The Hall–Kier alpha value is -2.95. The number of carbonyl (C=O) groups excluding carboxylic acids is 1. The van der Waals surface area contributed by atoms with Crippen LogP contribution in [0.1, 0.15) is 10.4 Å². The lowest BCUT2D eigenvalue weighted by Gasteiger charge is -2.27. The number of nitrogens with two attached hydrogens (primary N) is 1. The Morgan fingerprint density at radius 2 is 2.07 bits per heavy atom. The summed E-state index contributed by atoms with van der Waals surface area (Å²) >= 11 is 1.38. The SMILES string of the molecule is Cl.NC/C(=C/F)Cn1ncn(Cc2ccc(N3C(=O)OCc4ccccc43)s2)c1=O. The van der Waals surface area contributed by atoms with Crippen molar-refractivity contribution in [2.24, 2.45) is 5.73 Å². The van der Waals surface area contributed by atoms with Crippen LogP contribution >= 0.6 is 23.7 Å². The second-order valence-electron chi connectivity index (χ2n) is 6.43. The number of anilines is 2. The summed E-state index contributed by atoms with van der Waals surface area (Å²) < 4.78 is 20.6. The van der Waals surface area contributed by atoms with Gasteiger partial charge in [0.05, 0.1) is 25.1 Å². The summed E-state index contributed by atoms with van der Waals surface area (Å²) in [5, 5.41) is 4.71. The number of aromatic nitrogens is 3. The van der Waals surface area contributed by atoms with E-state index >= 15 is 0 Å². The summed E-state index contributed by atoms with van der Waals surface area (Å²) in [5.41, 5.74) is 7.06. The number of amides is 1. The van der Waals surface area contributed by atoms with Crippen LogP contribution in [0.4, 0.5) is 19.9 Å². The lowest BCUT2D eigenvalue weighted by molar-refractivity contribution is 0.145. The normalized spacial score (nSPS) is 13.6. The lowest BCUT2D eigenvalue weighted by Crippen LogP contribution is -2.30. The predicted molar refractivity (Wildman–Crippen MR) is 114 cm³/mol. The van der Waals surface area contributed by atoms with Crippen LogP contribution in [-0.2, 0) is 24.4 Å². The van der Waals surface area contributed by atoms with Gasteiger partial charge in [0.25, 0.3) is 0 Å². The van der Waals surface area contributed by atoms with Crippen molar-refractivity contribution < 1.29 is 13.9 Å². The number of cyclic esters (lactones) is 1. The number of rotatable bonds is 6. The molecule has 0 saturated heterocycles. The molecule has 158 valence electrons. The van der Waals surface area contributed by atoms with Crippen molar-refractivity contribution in [3.63, 3.8) is 0 Å². The fourth-order valence-electron chi connectivity index (χ4n) is 3.03. The van der Waals surface area contributed by atoms with Gasteiger partial charge in [-0.2, -0.15) is 5.10 Å². The monoisotopic (exact) mass is 451 g/mol. The molecule has 3 heterocycles. The van der Waals surface area contributed by atoms with Crippen molar-refractivity contribution in [2.75, 3.05) is 11.4 Å². The lowest BCUT2D eigenvalue weighted by atomic mass is 10.1. The maximum Gasteiger partial charge on any atom is 0.419 e. The highest BCUT2D eigenvalue weighted by atomic mass is 35.5. The second-order valence-corrected chi connectivity index (χ2v) is 7.58. The third kappa shape index (κ3) is 4.16. The van der Waals surface area contributed by atoms with Gasteiger partial charge in [-0.1, -0.05) is 18.2 Å². The third-order valence-electron chi connectivity index (χ3n) is 4.53. The van der Waals surface area contributed by atoms with Crippen LogP contribution < -0.4 is 16.3 Å². The predicted octanol–water partition coefficient (Wildman–Crippen LogP) is 3.18. The summed E-state index contributed by atoms with van der Waals surface area (Å²) in [6, 6.07) is 11.2. The quantitative estimate of drug-likeness (QED) is 0.621. The zero-order valence-corrected chi connectivity index (χ0v) is 17.4. The minimum atomic E-state index is -0.436. The summed E-state index contributed by atoms with van der Waals surface area (Å²) in [6.45, 7) is 0.546. The molecular weight excluding hydrogens is 433 g/mol. The van der Waals surface area contributed by atoms with Crippen LogP contribution in [-0.4, -0.2) is 27.0 Å². The molecule has 1 aliphatic rings. The molecule has 30 heavy (non-hydrogen) atoms. The number of thiophene rings is 1. The Bertz CT molecular complexity index is 1140. The molecule has 1 aromatic carbocycles. The highest BCUT2D eigenvalue weighted by molar-refractivity contribution is 7.16. The van der Waals surface area contributed by atoms with E-state index in [1.807, 2.05) is 36.4 Å². The molecule has 0 unspecified atom stereocenters. The maximum atomic E-state index is 12.7. The molecule has 1 amide bonds. The van der Waals surface area contributed by atoms with Crippen molar-refractivity contribution in [3.8, 4) is 0 Å². The van der Waals surface area contributed by atoms with Crippen LogP contribution in [0.5, 0.6) is 0 Å². The van der Waals surface area contributed by atoms with Gasteiger partial charge in [0.2, 0.25) is 0 Å². The van der Waals surface area contributed by atoms with Gasteiger partial charge in [-0.15, -0.1) is 23.7 Å². The van der Waals surface area contributed by atoms with Crippen molar-refractivity contribution >= 4 is 40.5 Å². The molecular formula is C19H19ClFN5O3S. The van der Waals surface area contributed by atoms with Crippen molar-refractivity contribution in [3.05, 3.63) is 75.6 Å². The van der Waals surface area contributed by atoms with E-state index in [0.29, 0.717) is 11.3 Å². The minimum Gasteiger partial charge on any atom is -0.444 e. The van der Waals surface area contributed by atoms with E-state index in [1.165, 1.54) is 27.1 Å². The topological polar surface area (TPSA) is 95.4 Å². The van der Waals surface area contributed by atoms with Gasteiger partial charge in [-0.25, -0.2) is 23.6 Å². The Kier molecular flexibility index (Phi) is 6.70. The number of hydrogen-bond acceptors (Lipinski definition) is 6. The van der Waals surface area contributed by atoms with E-state index in [4.69, 9.17) is 10.5 Å². The fraction of sp³-hybridized carbons (Fsp3) is 0.211. The highest BCUT2D eigenvalue weighted by Gasteiger charge is 2.28. The van der Waals surface area contributed by atoms with Gasteiger partial charge in [-0.3, -0.25) is 4.57 Å². The number of benzene rings is 1. The van der Waals surface area contributed by atoms with Crippen molar-refractivity contribution in [1.82, 2.24) is 14.3 Å². The number of carbonyl (C=O) groups is 1. The summed E-state index contributed by atoms with van der Waals surface area (Å²) in [5.74, 6) is 0. The molecule has 11 heteroatoms. The molecule has 0 aliphatic carbocycles. The second kappa shape index (κ2) is 9.24. The minimum absolute atomic E-state index is 0. The standard InChI is InChI=1S/C19H18FN5O3S.ClH/c20-7-13(8-21)9-24-18(26)23(12-22-24)10-15-5-6-17(29-15)25-16-4-2-1-3-14(16)11-28-19(25)27;/h1-7,12H,8-11,21H2;1H/b13-7-;. The average molecular weight is 452 g/mol.